The van der Waals surface area contributed by atoms with Crippen LogP contribution in [0.5, 0.6) is 0 Å². The van der Waals surface area contributed by atoms with E-state index in [9.17, 15) is 18.0 Å². The first-order valence-corrected chi connectivity index (χ1v) is 9.71. The molecule has 0 saturated heterocycles. The van der Waals surface area contributed by atoms with Crippen LogP contribution in [0.25, 0.3) is 0 Å². The van der Waals surface area contributed by atoms with Crippen molar-refractivity contribution in [2.75, 3.05) is 13.6 Å². The number of hydrogen-bond acceptors (Lipinski definition) is 3. The fraction of sp³-hybridized carbons (Fsp3) is 0.333. The molecule has 156 valence electrons. The molecule has 0 bridgehead atoms. The summed E-state index contributed by atoms with van der Waals surface area (Å²) in [4.78, 5) is 18.9. The van der Waals surface area contributed by atoms with Crippen LogP contribution in [-0.4, -0.2) is 30.8 Å². The van der Waals surface area contributed by atoms with Gasteiger partial charge in [-0.25, -0.2) is 9.79 Å². The predicted molar refractivity (Wildman–Crippen MR) is 111 cm³/mol. The molecule has 0 aliphatic carbocycles. The van der Waals surface area contributed by atoms with Crippen molar-refractivity contribution in [3.63, 3.8) is 0 Å². The minimum Gasteiger partial charge on any atom is -0.457 e. The Morgan fingerprint density at radius 3 is 2.55 bits per heavy atom. The van der Waals surface area contributed by atoms with Gasteiger partial charge in [0.2, 0.25) is 0 Å². The first-order chi connectivity index (χ1) is 13.5. The van der Waals surface area contributed by atoms with Crippen molar-refractivity contribution >= 4 is 33.9 Å². The molecule has 0 fully saturated rings. The second-order valence-corrected chi connectivity index (χ2v) is 7.45. The van der Waals surface area contributed by atoms with E-state index in [1.165, 1.54) is 12.1 Å². The van der Waals surface area contributed by atoms with Gasteiger partial charge in [0.1, 0.15) is 6.61 Å². The third-order valence-corrected chi connectivity index (χ3v) is 5.15. The molecule has 2 rings (SSSR count). The topological polar surface area (TPSA) is 41.9 Å². The Morgan fingerprint density at radius 2 is 1.93 bits per heavy atom. The molecule has 0 aliphatic rings. The summed E-state index contributed by atoms with van der Waals surface area (Å²) in [6.45, 7) is 6.19. The third kappa shape index (κ3) is 5.82. The van der Waals surface area contributed by atoms with Gasteiger partial charge in [0, 0.05) is 18.1 Å². The van der Waals surface area contributed by atoms with Gasteiger partial charge in [0.05, 0.1) is 23.2 Å². The minimum absolute atomic E-state index is 0.250. The van der Waals surface area contributed by atoms with Crippen LogP contribution in [0.1, 0.15) is 39.5 Å². The number of alkyl halides is 3. The van der Waals surface area contributed by atoms with Crippen LogP contribution < -0.4 is 0 Å². The molecule has 0 spiro atoms. The Kier molecular flexibility index (Phi) is 7.46. The Bertz CT molecular complexity index is 927. The lowest BCUT2D eigenvalue weighted by Gasteiger charge is -2.14. The zero-order valence-electron chi connectivity index (χ0n) is 16.6. The van der Waals surface area contributed by atoms with E-state index in [2.05, 4.69) is 20.9 Å². The maximum atomic E-state index is 12.8. The zero-order chi connectivity index (χ0) is 21.8. The lowest BCUT2D eigenvalue weighted by atomic mass is 10.0. The second-order valence-electron chi connectivity index (χ2n) is 6.60. The summed E-state index contributed by atoms with van der Waals surface area (Å²) in [5, 5.41) is 0. The standard InChI is InChI=1S/C21H22BrF3N2O2/c1-5-27(4)12-26-19-14(3)13(2)17(10-18(19)22)20(28)29-11-15-7-6-8-16(9-15)21(23,24)25/h6-10,12H,5,11H2,1-4H3/b26-12+. The van der Waals surface area contributed by atoms with E-state index in [0.29, 0.717) is 21.3 Å². The number of carbonyl (C=O) groups excluding carboxylic acids is 1. The lowest BCUT2D eigenvalue weighted by molar-refractivity contribution is -0.137. The molecule has 8 heteroatoms. The van der Waals surface area contributed by atoms with Gasteiger partial charge in [-0.2, -0.15) is 13.2 Å². The molecule has 0 radical (unpaired) electrons. The summed E-state index contributed by atoms with van der Waals surface area (Å²) >= 11 is 3.43. The number of hydrogen-bond donors (Lipinski definition) is 0. The highest BCUT2D eigenvalue weighted by Crippen LogP contribution is 2.34. The van der Waals surface area contributed by atoms with Crippen LogP contribution in [0.3, 0.4) is 0 Å². The average Bonchev–Trinajstić information content (AvgIpc) is 2.68. The van der Waals surface area contributed by atoms with Crippen LogP contribution in [-0.2, 0) is 17.5 Å². The van der Waals surface area contributed by atoms with Crippen molar-refractivity contribution in [2.45, 2.75) is 33.6 Å². The van der Waals surface area contributed by atoms with E-state index < -0.39 is 17.7 Å². The molecule has 0 aromatic heterocycles. The predicted octanol–water partition coefficient (Wildman–Crippen LogP) is 6.05. The fourth-order valence-corrected chi connectivity index (χ4v) is 3.16. The number of halogens is 4. The summed E-state index contributed by atoms with van der Waals surface area (Å²) in [5.74, 6) is -0.607. The van der Waals surface area contributed by atoms with Gasteiger partial charge in [-0.05, 0) is 71.6 Å². The lowest BCUT2D eigenvalue weighted by Crippen LogP contribution is -2.14. The minimum atomic E-state index is -4.44. The number of rotatable bonds is 6. The molecule has 0 aliphatic heterocycles. The summed E-state index contributed by atoms with van der Waals surface area (Å²) < 4.78 is 44.3. The van der Waals surface area contributed by atoms with Gasteiger partial charge in [0.15, 0.2) is 0 Å². The van der Waals surface area contributed by atoms with E-state index >= 15 is 0 Å². The first kappa shape index (κ1) is 22.9. The van der Waals surface area contributed by atoms with Gasteiger partial charge in [0.25, 0.3) is 0 Å². The van der Waals surface area contributed by atoms with E-state index in [4.69, 9.17) is 4.74 Å². The molecule has 29 heavy (non-hydrogen) atoms. The van der Waals surface area contributed by atoms with Crippen LogP contribution in [0.2, 0.25) is 0 Å². The summed E-state index contributed by atoms with van der Waals surface area (Å²) in [6.07, 6.45) is -2.74. The average molecular weight is 471 g/mol. The van der Waals surface area contributed by atoms with Gasteiger partial charge in [-0.3, -0.25) is 0 Å². The van der Waals surface area contributed by atoms with Crippen molar-refractivity contribution < 1.29 is 22.7 Å². The van der Waals surface area contributed by atoms with Crippen LogP contribution in [0.4, 0.5) is 18.9 Å². The Labute approximate surface area is 176 Å². The Hall–Kier alpha value is -2.35. The number of benzene rings is 2. The van der Waals surface area contributed by atoms with Crippen molar-refractivity contribution in [3.05, 3.63) is 62.6 Å². The molecule has 0 saturated carbocycles. The molecule has 0 N–H and O–H groups in total. The highest BCUT2D eigenvalue weighted by molar-refractivity contribution is 9.10. The summed E-state index contributed by atoms with van der Waals surface area (Å²) in [7, 11) is 1.90. The van der Waals surface area contributed by atoms with Gasteiger partial charge in [-0.1, -0.05) is 12.1 Å². The van der Waals surface area contributed by atoms with Gasteiger partial charge >= 0.3 is 12.1 Å². The molecule has 4 nitrogen and oxygen atoms in total. The summed E-state index contributed by atoms with van der Waals surface area (Å²) in [6, 6.07) is 6.35. The Morgan fingerprint density at radius 1 is 1.24 bits per heavy atom. The largest absolute Gasteiger partial charge is 0.457 e. The molecule has 0 unspecified atom stereocenters. The molecular formula is C21H22BrF3N2O2. The number of esters is 1. The molecule has 0 atom stereocenters. The second kappa shape index (κ2) is 9.43. The monoisotopic (exact) mass is 470 g/mol. The molecule has 0 heterocycles. The third-order valence-electron chi connectivity index (χ3n) is 4.55. The smallest absolute Gasteiger partial charge is 0.416 e. The fourth-order valence-electron chi connectivity index (χ4n) is 2.53. The molecular weight excluding hydrogens is 449 g/mol. The highest BCUT2D eigenvalue weighted by atomic mass is 79.9. The molecule has 2 aromatic rings. The quantitative estimate of drug-likeness (QED) is 0.293. The number of aliphatic imine (C=N–C) groups is 1. The molecule has 2 aromatic carbocycles. The van der Waals surface area contributed by atoms with Gasteiger partial charge < -0.3 is 9.64 Å². The highest BCUT2D eigenvalue weighted by Gasteiger charge is 2.30. The van der Waals surface area contributed by atoms with E-state index in [-0.39, 0.29) is 12.2 Å². The Balaban J connectivity index is 2.21. The normalized spacial score (nSPS) is 11.7. The van der Waals surface area contributed by atoms with Crippen LogP contribution in [0.15, 0.2) is 39.8 Å². The van der Waals surface area contributed by atoms with E-state index in [1.54, 1.807) is 19.3 Å². The van der Waals surface area contributed by atoms with Crippen molar-refractivity contribution in [2.24, 2.45) is 4.99 Å². The van der Waals surface area contributed by atoms with E-state index in [0.717, 1.165) is 24.2 Å². The van der Waals surface area contributed by atoms with E-state index in [1.807, 2.05) is 25.8 Å². The summed E-state index contributed by atoms with van der Waals surface area (Å²) in [5.41, 5.74) is 2.05. The van der Waals surface area contributed by atoms with Crippen molar-refractivity contribution in [1.82, 2.24) is 4.90 Å². The van der Waals surface area contributed by atoms with Crippen LogP contribution >= 0.6 is 15.9 Å². The SMILES string of the molecule is CCN(C)/C=N/c1c(Br)cc(C(=O)OCc2cccc(C(F)(F)F)c2)c(C)c1C. The van der Waals surface area contributed by atoms with Gasteiger partial charge in [-0.15, -0.1) is 0 Å². The number of ether oxygens (including phenoxy) is 1. The maximum Gasteiger partial charge on any atom is 0.416 e. The maximum absolute atomic E-state index is 12.8. The van der Waals surface area contributed by atoms with Crippen molar-refractivity contribution in [3.8, 4) is 0 Å². The number of carbonyl (C=O) groups is 1. The first-order valence-electron chi connectivity index (χ1n) is 8.92. The van der Waals surface area contributed by atoms with Crippen LogP contribution in [0, 0.1) is 13.8 Å². The van der Waals surface area contributed by atoms with Crippen molar-refractivity contribution in [1.29, 1.82) is 0 Å². The molecule has 0 amide bonds. The number of nitrogens with zero attached hydrogens (tertiary/aromatic N) is 2. The zero-order valence-corrected chi connectivity index (χ0v) is 18.2.